The Morgan fingerprint density at radius 3 is 1.40 bits per heavy atom. The van der Waals surface area contributed by atoms with Crippen LogP contribution < -0.4 is 10.6 Å². The fraction of sp³-hybridized carbons (Fsp3) is 0.360. The van der Waals surface area contributed by atoms with Gasteiger partial charge in [0, 0.05) is 0 Å². The van der Waals surface area contributed by atoms with Crippen molar-refractivity contribution in [2.24, 2.45) is 5.41 Å². The van der Waals surface area contributed by atoms with E-state index in [1.54, 1.807) is 48.5 Å². The first-order chi connectivity index (χ1) is 16.9. The van der Waals surface area contributed by atoms with E-state index in [2.05, 4.69) is 10.6 Å². The fourth-order valence-corrected chi connectivity index (χ4v) is 3.29. The molecule has 2 aromatic carbocycles. The van der Waals surface area contributed by atoms with E-state index >= 15 is 0 Å². The number of rotatable bonds is 12. The van der Waals surface area contributed by atoms with Crippen molar-refractivity contribution in [2.45, 2.75) is 38.1 Å². The van der Waals surface area contributed by atoms with Crippen molar-refractivity contribution < 1.29 is 38.9 Å². The van der Waals surface area contributed by atoms with Crippen LogP contribution in [0.4, 0.5) is 0 Å². The van der Waals surface area contributed by atoms with Crippen LogP contribution in [-0.2, 0) is 41.9 Å². The van der Waals surface area contributed by atoms with Crippen molar-refractivity contribution in [1.29, 1.82) is 0 Å². The largest absolute Gasteiger partial charge is 0.459 e. The monoisotopic (exact) mass is 484 g/mol. The molecule has 2 atom stereocenters. The summed E-state index contributed by atoms with van der Waals surface area (Å²) in [4.78, 5) is 50.2. The van der Waals surface area contributed by atoms with Gasteiger partial charge < -0.3 is 30.3 Å². The van der Waals surface area contributed by atoms with Crippen LogP contribution in [0.5, 0.6) is 0 Å². The second-order valence-corrected chi connectivity index (χ2v) is 8.19. The molecule has 0 heterocycles. The maximum absolute atomic E-state index is 12.8. The molecule has 10 heteroatoms. The van der Waals surface area contributed by atoms with Crippen LogP contribution in [0.3, 0.4) is 0 Å². The standard InChI is InChI=1S/C25H28N2O8/c28-13-19(21(30)34-15-17-7-3-1-4-8-17)26-23(32)25(11-12-25)24(33)27-20(14-29)22(31)35-16-18-9-5-2-6-10-18/h1-10,19-20,28-29H,11-16H2,(H,26,32)(H,27,33)/t19-,20-/m1/s1. The Bertz CT molecular complexity index is 945. The lowest BCUT2D eigenvalue weighted by atomic mass is 10.0. The van der Waals surface area contributed by atoms with Crippen molar-refractivity contribution in [3.63, 3.8) is 0 Å². The van der Waals surface area contributed by atoms with Gasteiger partial charge in [0.2, 0.25) is 11.8 Å². The van der Waals surface area contributed by atoms with E-state index in [4.69, 9.17) is 9.47 Å². The number of carbonyl (C=O) groups excluding carboxylic acids is 4. The highest BCUT2D eigenvalue weighted by Gasteiger charge is 2.57. The number of aliphatic hydroxyl groups is 2. The molecule has 2 aromatic rings. The SMILES string of the molecule is O=C(OCc1ccccc1)[C@@H](CO)NC(=O)C1(C(=O)N[C@H](CO)C(=O)OCc2ccccc2)CC1. The number of hydrogen-bond donors (Lipinski definition) is 4. The molecule has 0 radical (unpaired) electrons. The zero-order valence-electron chi connectivity index (χ0n) is 19.0. The molecule has 2 amide bonds. The van der Waals surface area contributed by atoms with Crippen molar-refractivity contribution in [3.8, 4) is 0 Å². The molecule has 1 aliphatic carbocycles. The van der Waals surface area contributed by atoms with Crippen LogP contribution in [0.25, 0.3) is 0 Å². The number of ether oxygens (including phenoxy) is 2. The predicted octanol–water partition coefficient (Wildman–Crippen LogP) is 0.208. The fourth-order valence-electron chi connectivity index (χ4n) is 3.29. The maximum Gasteiger partial charge on any atom is 0.331 e. The summed E-state index contributed by atoms with van der Waals surface area (Å²) < 4.78 is 10.3. The van der Waals surface area contributed by atoms with Gasteiger partial charge in [-0.1, -0.05) is 60.7 Å². The summed E-state index contributed by atoms with van der Waals surface area (Å²) in [5.41, 5.74) is -0.0486. The molecule has 0 aliphatic heterocycles. The van der Waals surface area contributed by atoms with Gasteiger partial charge in [0.1, 0.15) is 18.6 Å². The van der Waals surface area contributed by atoms with Crippen molar-refractivity contribution in [2.75, 3.05) is 13.2 Å². The highest BCUT2D eigenvalue weighted by atomic mass is 16.5. The van der Waals surface area contributed by atoms with E-state index in [1.807, 2.05) is 12.1 Å². The Morgan fingerprint density at radius 1 is 0.714 bits per heavy atom. The van der Waals surface area contributed by atoms with Gasteiger partial charge in [0.15, 0.2) is 12.1 Å². The molecule has 4 N–H and O–H groups in total. The Balaban J connectivity index is 1.53. The van der Waals surface area contributed by atoms with Crippen LogP contribution in [0.15, 0.2) is 60.7 Å². The highest BCUT2D eigenvalue weighted by Crippen LogP contribution is 2.46. The average Bonchev–Trinajstić information content (AvgIpc) is 3.71. The summed E-state index contributed by atoms with van der Waals surface area (Å²) in [7, 11) is 0. The minimum Gasteiger partial charge on any atom is -0.459 e. The van der Waals surface area contributed by atoms with Crippen molar-refractivity contribution in [3.05, 3.63) is 71.8 Å². The second-order valence-electron chi connectivity index (χ2n) is 8.19. The Hall–Kier alpha value is -3.76. The Labute approximate surface area is 202 Å². The summed E-state index contributed by atoms with van der Waals surface area (Å²) in [6.07, 6.45) is 0.359. The zero-order chi connectivity index (χ0) is 25.3. The van der Waals surface area contributed by atoms with E-state index < -0.39 is 54.5 Å². The highest BCUT2D eigenvalue weighted by molar-refractivity contribution is 6.09. The van der Waals surface area contributed by atoms with E-state index in [0.717, 1.165) is 11.1 Å². The van der Waals surface area contributed by atoms with Crippen molar-refractivity contribution >= 4 is 23.8 Å². The van der Waals surface area contributed by atoms with Gasteiger partial charge >= 0.3 is 11.9 Å². The number of hydrogen-bond acceptors (Lipinski definition) is 8. The smallest absolute Gasteiger partial charge is 0.331 e. The molecule has 35 heavy (non-hydrogen) atoms. The van der Waals surface area contributed by atoms with Crippen LogP contribution in [-0.4, -0.2) is 59.3 Å². The molecular formula is C25H28N2O8. The second kappa shape index (κ2) is 12.1. The van der Waals surface area contributed by atoms with Gasteiger partial charge in [-0.3, -0.25) is 9.59 Å². The minimum absolute atomic E-state index is 0.0407. The number of aliphatic hydroxyl groups excluding tert-OH is 2. The molecule has 0 unspecified atom stereocenters. The van der Waals surface area contributed by atoms with Crippen LogP contribution >= 0.6 is 0 Å². The minimum atomic E-state index is -1.51. The molecule has 10 nitrogen and oxygen atoms in total. The summed E-state index contributed by atoms with van der Waals surface area (Å²) in [5, 5.41) is 23.8. The van der Waals surface area contributed by atoms with E-state index in [0.29, 0.717) is 0 Å². The quantitative estimate of drug-likeness (QED) is 0.247. The van der Waals surface area contributed by atoms with Gasteiger partial charge in [0.05, 0.1) is 13.2 Å². The molecule has 3 rings (SSSR count). The average molecular weight is 485 g/mol. The Kier molecular flexibility index (Phi) is 8.93. The number of carbonyl (C=O) groups is 4. The molecule has 186 valence electrons. The summed E-state index contributed by atoms with van der Waals surface area (Å²) in [6, 6.07) is 15.0. The van der Waals surface area contributed by atoms with Crippen LogP contribution in [0.2, 0.25) is 0 Å². The molecule has 1 saturated carbocycles. The van der Waals surface area contributed by atoms with Gasteiger partial charge in [-0.2, -0.15) is 0 Å². The topological polar surface area (TPSA) is 151 Å². The third kappa shape index (κ3) is 6.87. The summed E-state index contributed by atoms with van der Waals surface area (Å²) in [5.74, 6) is -3.25. The number of benzene rings is 2. The van der Waals surface area contributed by atoms with E-state index in [9.17, 15) is 29.4 Å². The summed E-state index contributed by atoms with van der Waals surface area (Å²) in [6.45, 7) is -1.52. The van der Waals surface area contributed by atoms with Gasteiger partial charge in [-0.05, 0) is 24.0 Å². The third-order valence-electron chi connectivity index (χ3n) is 5.61. The molecule has 1 aliphatic rings. The molecular weight excluding hydrogens is 456 g/mol. The Morgan fingerprint density at radius 2 is 1.09 bits per heavy atom. The molecule has 0 aromatic heterocycles. The third-order valence-corrected chi connectivity index (χ3v) is 5.61. The number of esters is 2. The first-order valence-corrected chi connectivity index (χ1v) is 11.1. The van der Waals surface area contributed by atoms with Gasteiger partial charge in [-0.15, -0.1) is 0 Å². The summed E-state index contributed by atoms with van der Waals surface area (Å²) >= 11 is 0. The number of nitrogens with one attached hydrogen (secondary N) is 2. The normalized spacial score (nSPS) is 15.3. The molecule has 0 spiro atoms. The van der Waals surface area contributed by atoms with E-state index in [1.165, 1.54) is 0 Å². The predicted molar refractivity (Wildman–Crippen MR) is 122 cm³/mol. The van der Waals surface area contributed by atoms with Gasteiger partial charge in [0.25, 0.3) is 0 Å². The maximum atomic E-state index is 12.8. The number of amides is 2. The van der Waals surface area contributed by atoms with Crippen LogP contribution in [0, 0.1) is 5.41 Å². The first-order valence-electron chi connectivity index (χ1n) is 11.1. The lowest BCUT2D eigenvalue weighted by Gasteiger charge is -2.22. The lowest BCUT2D eigenvalue weighted by Crippen LogP contribution is -2.53. The van der Waals surface area contributed by atoms with Crippen LogP contribution in [0.1, 0.15) is 24.0 Å². The molecule has 0 bridgehead atoms. The molecule has 1 fully saturated rings. The van der Waals surface area contributed by atoms with E-state index in [-0.39, 0.29) is 26.1 Å². The van der Waals surface area contributed by atoms with Crippen molar-refractivity contribution in [1.82, 2.24) is 10.6 Å². The first kappa shape index (κ1) is 25.9. The van der Waals surface area contributed by atoms with Gasteiger partial charge in [-0.25, -0.2) is 9.59 Å². The zero-order valence-corrected chi connectivity index (χ0v) is 19.0. The molecule has 0 saturated heterocycles. The lowest BCUT2D eigenvalue weighted by molar-refractivity contribution is -0.153.